The van der Waals surface area contributed by atoms with E-state index in [-0.39, 0.29) is 0 Å². The van der Waals surface area contributed by atoms with Gasteiger partial charge >= 0.3 is 7.82 Å². The molecule has 0 aliphatic carbocycles. The molecule has 1 aliphatic heterocycles. The average molecular weight is 345 g/mol. The van der Waals surface area contributed by atoms with Crippen LogP contribution < -0.4 is 5.73 Å². The summed E-state index contributed by atoms with van der Waals surface area (Å²) in [6.45, 7) is -0.562. The van der Waals surface area contributed by atoms with Gasteiger partial charge in [0.15, 0.2) is 6.23 Å². The maximum absolute atomic E-state index is 10.7. The Bertz CT molecular complexity index is 760. The fraction of sp³-hybridized carbons (Fsp3) is 0.417. The molecular formula is C12H16N3O7P. The number of nitrogens with zero attached hydrogens (tertiary/aromatic N) is 2. The Morgan fingerprint density at radius 3 is 2.78 bits per heavy atom. The molecule has 4 atom stereocenters. The van der Waals surface area contributed by atoms with Crippen LogP contribution >= 0.6 is 7.82 Å². The summed E-state index contributed by atoms with van der Waals surface area (Å²) in [7, 11) is -4.70. The molecule has 6 N–H and O–H groups in total. The topological polar surface area (TPSA) is 160 Å². The monoisotopic (exact) mass is 345 g/mol. The molecule has 1 fully saturated rings. The predicted octanol–water partition coefficient (Wildman–Crippen LogP) is -0.653. The van der Waals surface area contributed by atoms with Crippen LogP contribution in [-0.4, -0.2) is 54.5 Å². The standard InChI is InChI=1S/C12H16N3O7P/c13-7-1-3-14-11-6(7)2-4-15(11)12-10(17)9(16)8(22-12)5-21-23(18,19)20/h1-4,8-10,12,16-17H,5H2,(H2,13,14)(H2,18,19,20)/t8-,9-,10-,12-/m1/s1. The van der Waals surface area contributed by atoms with E-state index in [0.29, 0.717) is 16.7 Å². The number of aromatic nitrogens is 2. The summed E-state index contributed by atoms with van der Waals surface area (Å²) in [4.78, 5) is 21.6. The fourth-order valence-corrected chi connectivity index (χ4v) is 2.89. The van der Waals surface area contributed by atoms with Gasteiger partial charge in [-0.25, -0.2) is 9.55 Å². The van der Waals surface area contributed by atoms with E-state index in [4.69, 9.17) is 20.3 Å². The van der Waals surface area contributed by atoms with E-state index < -0.39 is 39.0 Å². The molecule has 0 unspecified atom stereocenters. The fourth-order valence-electron chi connectivity index (χ4n) is 2.55. The van der Waals surface area contributed by atoms with Gasteiger partial charge in [-0.2, -0.15) is 0 Å². The smallest absolute Gasteiger partial charge is 0.398 e. The van der Waals surface area contributed by atoms with Crippen molar-refractivity contribution >= 4 is 24.5 Å². The highest BCUT2D eigenvalue weighted by Crippen LogP contribution is 2.39. The van der Waals surface area contributed by atoms with Gasteiger partial charge in [-0.15, -0.1) is 0 Å². The minimum Gasteiger partial charge on any atom is -0.398 e. The van der Waals surface area contributed by atoms with Gasteiger partial charge in [0.2, 0.25) is 0 Å². The molecule has 2 aromatic rings. The average Bonchev–Trinajstić information content (AvgIpc) is 3.01. The van der Waals surface area contributed by atoms with Crippen molar-refractivity contribution < 1.29 is 33.8 Å². The Morgan fingerprint density at radius 1 is 1.35 bits per heavy atom. The van der Waals surface area contributed by atoms with Crippen molar-refractivity contribution in [1.82, 2.24) is 9.55 Å². The number of rotatable bonds is 4. The van der Waals surface area contributed by atoms with Gasteiger partial charge in [0.05, 0.1) is 6.61 Å². The Labute approximate surface area is 130 Å². The highest BCUT2D eigenvalue weighted by Gasteiger charge is 2.44. The van der Waals surface area contributed by atoms with Crippen molar-refractivity contribution in [3.63, 3.8) is 0 Å². The SMILES string of the molecule is Nc1ccnc2c1ccn2[C@@H]1O[C@H](COP(=O)(O)O)[C@@H](O)[C@H]1O. The number of hydrogen-bond donors (Lipinski definition) is 5. The molecule has 126 valence electrons. The molecule has 1 saturated heterocycles. The van der Waals surface area contributed by atoms with Crippen molar-refractivity contribution in [3.05, 3.63) is 24.5 Å². The zero-order chi connectivity index (χ0) is 16.8. The van der Waals surface area contributed by atoms with Crippen LogP contribution in [0.4, 0.5) is 5.69 Å². The summed E-state index contributed by atoms with van der Waals surface area (Å²) >= 11 is 0. The third-order valence-electron chi connectivity index (χ3n) is 3.67. The molecule has 3 heterocycles. The Balaban J connectivity index is 1.85. The van der Waals surface area contributed by atoms with Crippen LogP contribution in [0.25, 0.3) is 11.0 Å². The highest BCUT2D eigenvalue weighted by atomic mass is 31.2. The predicted molar refractivity (Wildman–Crippen MR) is 78.1 cm³/mol. The first-order valence-corrected chi connectivity index (χ1v) is 8.23. The molecule has 0 amide bonds. The molecule has 0 saturated carbocycles. The lowest BCUT2D eigenvalue weighted by atomic mass is 10.1. The molecule has 23 heavy (non-hydrogen) atoms. The molecule has 0 radical (unpaired) electrons. The number of nitrogen functional groups attached to an aromatic ring is 1. The van der Waals surface area contributed by atoms with E-state index in [2.05, 4.69) is 9.51 Å². The molecular weight excluding hydrogens is 329 g/mol. The van der Waals surface area contributed by atoms with E-state index in [1.807, 2.05) is 0 Å². The lowest BCUT2D eigenvalue weighted by Crippen LogP contribution is -2.33. The van der Waals surface area contributed by atoms with Gasteiger partial charge < -0.3 is 35.0 Å². The van der Waals surface area contributed by atoms with Crippen LogP contribution in [0.2, 0.25) is 0 Å². The summed E-state index contributed by atoms with van der Waals surface area (Å²) in [5.41, 5.74) is 6.80. The maximum atomic E-state index is 10.7. The van der Waals surface area contributed by atoms with Crippen LogP contribution in [0, 0.1) is 0 Å². The van der Waals surface area contributed by atoms with Gasteiger partial charge in [-0.1, -0.05) is 0 Å². The van der Waals surface area contributed by atoms with Crippen molar-refractivity contribution in [2.24, 2.45) is 0 Å². The van der Waals surface area contributed by atoms with Crippen LogP contribution in [0.1, 0.15) is 6.23 Å². The van der Waals surface area contributed by atoms with E-state index in [0.717, 1.165) is 0 Å². The van der Waals surface area contributed by atoms with Gasteiger partial charge in [0.1, 0.15) is 24.0 Å². The molecule has 3 rings (SSSR count). The Kier molecular flexibility index (Phi) is 4.15. The molecule has 0 aromatic carbocycles. The van der Waals surface area contributed by atoms with E-state index >= 15 is 0 Å². The minimum absolute atomic E-state index is 0.456. The summed E-state index contributed by atoms with van der Waals surface area (Å²) in [6, 6.07) is 3.32. The number of phosphoric ester groups is 1. The van der Waals surface area contributed by atoms with Crippen molar-refractivity contribution in [1.29, 1.82) is 0 Å². The third kappa shape index (κ3) is 3.10. The molecule has 1 aliphatic rings. The van der Waals surface area contributed by atoms with Gasteiger partial charge in [-0.05, 0) is 12.1 Å². The zero-order valence-electron chi connectivity index (χ0n) is 11.8. The lowest BCUT2D eigenvalue weighted by Gasteiger charge is -2.17. The minimum atomic E-state index is -4.70. The molecule has 2 aromatic heterocycles. The van der Waals surface area contributed by atoms with Crippen LogP contribution in [0.15, 0.2) is 24.5 Å². The number of phosphoric acid groups is 1. The number of ether oxygens (including phenoxy) is 1. The molecule has 10 nitrogen and oxygen atoms in total. The van der Waals surface area contributed by atoms with E-state index in [1.165, 1.54) is 10.8 Å². The van der Waals surface area contributed by atoms with Crippen LogP contribution in [0.3, 0.4) is 0 Å². The second-order valence-electron chi connectivity index (χ2n) is 5.19. The Hall–Kier alpha value is -1.52. The maximum Gasteiger partial charge on any atom is 0.469 e. The third-order valence-corrected chi connectivity index (χ3v) is 4.15. The van der Waals surface area contributed by atoms with Crippen molar-refractivity contribution in [2.75, 3.05) is 12.3 Å². The number of hydrogen-bond acceptors (Lipinski definition) is 7. The van der Waals surface area contributed by atoms with E-state index in [9.17, 15) is 14.8 Å². The number of aliphatic hydroxyl groups is 2. The van der Waals surface area contributed by atoms with E-state index in [1.54, 1.807) is 18.3 Å². The second kappa shape index (κ2) is 5.84. The lowest BCUT2D eigenvalue weighted by molar-refractivity contribution is -0.0501. The summed E-state index contributed by atoms with van der Waals surface area (Å²) in [5, 5.41) is 20.8. The first kappa shape index (κ1) is 16.3. The van der Waals surface area contributed by atoms with Crippen molar-refractivity contribution in [3.8, 4) is 0 Å². The quantitative estimate of drug-likeness (QED) is 0.453. The number of pyridine rings is 1. The molecule has 11 heteroatoms. The first-order valence-electron chi connectivity index (χ1n) is 6.70. The van der Waals surface area contributed by atoms with Crippen LogP contribution in [0.5, 0.6) is 0 Å². The number of aliphatic hydroxyl groups excluding tert-OH is 2. The Morgan fingerprint density at radius 2 is 2.09 bits per heavy atom. The summed E-state index contributed by atoms with van der Waals surface area (Å²) < 4.78 is 22.1. The van der Waals surface area contributed by atoms with Gasteiger partial charge in [0, 0.05) is 23.5 Å². The number of anilines is 1. The van der Waals surface area contributed by atoms with Gasteiger partial charge in [0.25, 0.3) is 0 Å². The largest absolute Gasteiger partial charge is 0.469 e. The molecule has 0 spiro atoms. The first-order chi connectivity index (χ1) is 10.8. The molecule has 0 bridgehead atoms. The summed E-state index contributed by atoms with van der Waals surface area (Å²) in [6.07, 6.45) is -1.67. The second-order valence-corrected chi connectivity index (χ2v) is 6.43. The number of nitrogens with two attached hydrogens (primary N) is 1. The van der Waals surface area contributed by atoms with Gasteiger partial charge in [-0.3, -0.25) is 4.52 Å². The zero-order valence-corrected chi connectivity index (χ0v) is 12.7. The number of fused-ring (bicyclic) bond motifs is 1. The van der Waals surface area contributed by atoms with Crippen LogP contribution in [-0.2, 0) is 13.8 Å². The highest BCUT2D eigenvalue weighted by molar-refractivity contribution is 7.46. The van der Waals surface area contributed by atoms with Crippen molar-refractivity contribution in [2.45, 2.75) is 24.5 Å². The normalized spacial score (nSPS) is 28.5. The summed E-state index contributed by atoms with van der Waals surface area (Å²) in [5.74, 6) is 0.